The number of ketones is 2. The highest BCUT2D eigenvalue weighted by Gasteiger charge is 2.79. The molecule has 0 bridgehead atoms. The molecule has 392 valence electrons. The quantitative estimate of drug-likeness (QED) is 0.0266. The predicted molar refractivity (Wildman–Crippen MR) is 267 cm³/mol. The molecule has 5 N–H and O–H groups in total. The number of rotatable bonds is 23. The number of carbonyl (C=O) groups is 2. The van der Waals surface area contributed by atoms with Gasteiger partial charge in [0.15, 0.2) is 29.9 Å². The van der Waals surface area contributed by atoms with Crippen molar-refractivity contribution in [2.75, 3.05) is 26.3 Å². The highest BCUT2D eigenvalue weighted by molar-refractivity contribution is 7.46. The van der Waals surface area contributed by atoms with E-state index in [1.807, 2.05) is 19.1 Å². The summed E-state index contributed by atoms with van der Waals surface area (Å²) in [6.45, 7) is 6.30. The van der Waals surface area contributed by atoms with Crippen LogP contribution in [0.2, 0.25) is 0 Å². The Labute approximate surface area is 423 Å². The molecule has 6 aliphatic rings. The molecule has 3 saturated carbocycles. The van der Waals surface area contributed by atoms with Gasteiger partial charge in [0.2, 0.25) is 12.1 Å². The van der Waals surface area contributed by atoms with E-state index < -0.39 is 60.4 Å². The lowest BCUT2D eigenvalue weighted by Gasteiger charge is -2.62. The lowest BCUT2D eigenvalue weighted by Crippen LogP contribution is -2.69. The Morgan fingerprint density at radius 1 is 1.01 bits per heavy atom. The number of allylic oxidation sites excluding steroid dienone is 4. The van der Waals surface area contributed by atoms with Crippen LogP contribution in [-0.4, -0.2) is 92.2 Å². The number of ether oxygens (including phenoxy) is 3. The number of halogens is 1. The number of phosphoric ester groups is 1. The first-order valence-corrected chi connectivity index (χ1v) is 28.2. The average Bonchev–Trinajstić information content (AvgIpc) is 4.04. The van der Waals surface area contributed by atoms with Crippen molar-refractivity contribution in [1.82, 2.24) is 9.88 Å². The molecule has 0 radical (unpaired) electrons. The molecule has 14 nitrogen and oxygen atoms in total. The van der Waals surface area contributed by atoms with Crippen LogP contribution in [0.1, 0.15) is 133 Å². The van der Waals surface area contributed by atoms with Crippen LogP contribution in [0.5, 0.6) is 5.75 Å². The van der Waals surface area contributed by atoms with E-state index in [2.05, 4.69) is 29.6 Å². The van der Waals surface area contributed by atoms with Crippen LogP contribution in [0, 0.1) is 28.6 Å². The number of fused-ring (bicyclic) bond motifs is 7. The van der Waals surface area contributed by atoms with Crippen LogP contribution in [0.25, 0.3) is 0 Å². The molecule has 0 amide bonds. The third-order valence-corrected chi connectivity index (χ3v) is 17.9. The summed E-state index contributed by atoms with van der Waals surface area (Å²) in [6.07, 6.45) is 19.9. The highest BCUT2D eigenvalue weighted by atomic mass is 31.2. The monoisotopic (exact) mass is 1020 g/mol. The van der Waals surface area contributed by atoms with Crippen molar-refractivity contribution < 1.29 is 61.8 Å². The van der Waals surface area contributed by atoms with Gasteiger partial charge in [0.25, 0.3) is 0 Å². The van der Waals surface area contributed by atoms with Crippen LogP contribution >= 0.6 is 7.82 Å². The number of alkyl halides is 1. The number of nitrogens with zero attached hydrogens (tertiary/aromatic N) is 2. The third-order valence-electron chi connectivity index (χ3n) is 17.5. The van der Waals surface area contributed by atoms with E-state index >= 15 is 9.18 Å². The molecule has 0 spiro atoms. The van der Waals surface area contributed by atoms with Gasteiger partial charge in [0, 0.05) is 54.4 Å². The van der Waals surface area contributed by atoms with Gasteiger partial charge < -0.3 is 34.3 Å². The Hall–Kier alpha value is -3.89. The number of unbranched alkanes of at least 4 members (excludes halogenated alkanes) is 4. The zero-order valence-corrected chi connectivity index (χ0v) is 42.9. The second-order valence-electron chi connectivity index (χ2n) is 22.1. The average molecular weight is 1020 g/mol. The number of aliphatic hydroxyl groups excluding tert-OH is 2. The van der Waals surface area contributed by atoms with Gasteiger partial charge in [0.1, 0.15) is 24.7 Å². The highest BCUT2D eigenvalue weighted by Crippen LogP contribution is 2.71. The fraction of sp³-hybridized carbons (Fsp3) is 0.625. The van der Waals surface area contributed by atoms with Crippen molar-refractivity contribution in [1.29, 1.82) is 0 Å². The molecule has 1 saturated heterocycles. The topological polar surface area (TPSA) is 190 Å². The Bertz CT molecular complexity index is 2490. The van der Waals surface area contributed by atoms with E-state index in [9.17, 15) is 29.4 Å². The van der Waals surface area contributed by atoms with E-state index in [0.717, 1.165) is 96.8 Å². The minimum absolute atomic E-state index is 0.0173. The first kappa shape index (κ1) is 53.0. The number of nitrogens with one attached hydrogen (secondary N) is 1. The smallest absolute Gasteiger partial charge is 0.404 e. The summed E-state index contributed by atoms with van der Waals surface area (Å²) < 4.78 is 58.6. The number of aliphatic hydroxyl groups is 2. The maximum Gasteiger partial charge on any atom is 0.524 e. The van der Waals surface area contributed by atoms with Crippen LogP contribution in [0.3, 0.4) is 0 Å². The Morgan fingerprint density at radius 2 is 1.78 bits per heavy atom. The van der Waals surface area contributed by atoms with Crippen molar-refractivity contribution in [3.05, 3.63) is 108 Å². The summed E-state index contributed by atoms with van der Waals surface area (Å²) in [5.74, 6) is -1.25. The number of hydrogen-bond donors (Lipinski definition) is 5. The lowest BCUT2D eigenvalue weighted by molar-refractivity contribution is -0.687. The molecule has 1 aliphatic heterocycles. The number of carbonyl (C=O) groups excluding carboxylic acids is 2. The Balaban J connectivity index is 0.833. The number of phosphoric acid groups is 1. The van der Waals surface area contributed by atoms with Crippen molar-refractivity contribution in [2.24, 2.45) is 28.6 Å². The van der Waals surface area contributed by atoms with Gasteiger partial charge in [-0.15, -0.1) is 0 Å². The SMILES string of the molecule is C[C@]12C=CC(=O)CC1=CC[C@H]1[C@@H]3C[C@H]4O[C@@H](C5CCCCC5)O[C@@]4(C(=O)Cn4cc[n+](Cc5cc(C(O)CNCCCCCCOCCCCc6ccccc6)ccc5OP(=O)(O)O)c4)[C@@]3(C)C[C@H](O)[C@@]12F. The summed E-state index contributed by atoms with van der Waals surface area (Å²) in [4.78, 5) is 47.4. The summed E-state index contributed by atoms with van der Waals surface area (Å²) >= 11 is 0. The maximum atomic E-state index is 18.1. The van der Waals surface area contributed by atoms with E-state index in [-0.39, 0.29) is 61.6 Å². The van der Waals surface area contributed by atoms with Crippen molar-refractivity contribution >= 4 is 19.4 Å². The minimum atomic E-state index is -4.94. The molecule has 16 heteroatoms. The number of hydrogen-bond acceptors (Lipinski definition) is 10. The summed E-state index contributed by atoms with van der Waals surface area (Å²) in [5, 5.41) is 26.7. The first-order chi connectivity index (χ1) is 34.5. The molecule has 2 aromatic carbocycles. The van der Waals surface area contributed by atoms with E-state index in [4.69, 9.17) is 18.7 Å². The van der Waals surface area contributed by atoms with Gasteiger partial charge in [-0.25, -0.2) is 18.1 Å². The molecular formula is C56H76FN3O11P+. The van der Waals surface area contributed by atoms with Crippen LogP contribution < -0.4 is 14.4 Å². The Morgan fingerprint density at radius 3 is 2.56 bits per heavy atom. The van der Waals surface area contributed by atoms with Crippen molar-refractivity contribution in [3.63, 3.8) is 0 Å². The summed E-state index contributed by atoms with van der Waals surface area (Å²) in [7, 11) is -4.94. The number of aryl methyl sites for hydroxylation is 1. The standard InChI is InChI=1S/C56H75FN3O11P/c1-53-25-24-44(61)32-43(53)21-22-45-46-33-51-56(54(46,2)34-49(63)55(45,53)57,70-52(69-51)40-18-9-6-10-19-40)50(64)37-60-28-27-59(38-60)36-42-31-41(20-23-48(42)71-72(65,66)67)47(62)35-58-26-12-3-4-13-29-68-30-14-11-17-39-15-7-5-8-16-39/h5,7-8,15-16,20-21,23-25,27-28,31,38,40,45-47,49,51-52,58,62-63H,3-4,6,9-14,17-19,22,26,29-30,32-37H2,1-2H3,(H-,65,66,67)/p+1/t45-,46-,47?,49-,51+,52+,53-,54-,55-,56+/m0/s1. The largest absolute Gasteiger partial charge is 0.524 e. The third kappa shape index (κ3) is 10.7. The van der Waals surface area contributed by atoms with Crippen molar-refractivity contribution in [3.8, 4) is 5.75 Å². The van der Waals surface area contributed by atoms with Crippen LogP contribution in [0.4, 0.5) is 4.39 Å². The molecule has 2 heterocycles. The fourth-order valence-corrected chi connectivity index (χ4v) is 14.1. The number of Topliss-reactive ketones (excluding diaryl/α,β-unsaturated/α-hetero) is 1. The van der Waals surface area contributed by atoms with Crippen LogP contribution in [-0.2, 0) is 47.9 Å². The predicted octanol–water partition coefficient (Wildman–Crippen LogP) is 8.13. The van der Waals surface area contributed by atoms with Gasteiger partial charge in [-0.2, -0.15) is 0 Å². The molecule has 10 atom stereocenters. The minimum Gasteiger partial charge on any atom is -0.404 e. The van der Waals surface area contributed by atoms with Gasteiger partial charge in [-0.05, 0) is 113 Å². The lowest BCUT2D eigenvalue weighted by atomic mass is 9.45. The molecule has 3 aromatic rings. The molecule has 1 aromatic heterocycles. The number of benzene rings is 2. The maximum absolute atomic E-state index is 18.1. The van der Waals surface area contributed by atoms with E-state index in [1.165, 1.54) is 17.7 Å². The van der Waals surface area contributed by atoms with E-state index in [1.54, 1.807) is 53.0 Å². The summed E-state index contributed by atoms with van der Waals surface area (Å²) in [5.41, 5.74) is -2.68. The second-order valence-corrected chi connectivity index (χ2v) is 23.2. The normalized spacial score (nSPS) is 31.6. The fourth-order valence-electron chi connectivity index (χ4n) is 13.7. The first-order valence-electron chi connectivity index (χ1n) is 26.6. The number of imidazole rings is 1. The Kier molecular flexibility index (Phi) is 16.3. The zero-order valence-electron chi connectivity index (χ0n) is 42.0. The van der Waals surface area contributed by atoms with Crippen molar-refractivity contribution in [2.45, 2.75) is 166 Å². The molecule has 9 rings (SSSR count). The molecule has 4 fully saturated rings. The number of aromatic nitrogens is 2. The van der Waals surface area contributed by atoms with Gasteiger partial charge in [0.05, 0.1) is 18.3 Å². The molecule has 1 unspecified atom stereocenters. The van der Waals surface area contributed by atoms with E-state index in [0.29, 0.717) is 29.5 Å². The van der Waals surface area contributed by atoms with Gasteiger partial charge in [-0.3, -0.25) is 19.4 Å². The molecule has 72 heavy (non-hydrogen) atoms. The molecule has 5 aliphatic carbocycles. The summed E-state index contributed by atoms with van der Waals surface area (Å²) in [6, 6.07) is 15.2. The molecular weight excluding hydrogens is 941 g/mol. The zero-order chi connectivity index (χ0) is 50.7. The van der Waals surface area contributed by atoms with Gasteiger partial charge >= 0.3 is 7.82 Å². The second kappa shape index (κ2) is 22.1. The van der Waals surface area contributed by atoms with Crippen LogP contribution in [0.15, 0.2) is 91.1 Å². The van der Waals surface area contributed by atoms with Gasteiger partial charge in [-0.1, -0.05) is 93.2 Å².